The normalized spacial score (nSPS) is 17.8. The minimum atomic E-state index is -0.0436. The molecule has 1 aromatic heterocycles. The zero-order valence-electron chi connectivity index (χ0n) is 19.4. The summed E-state index contributed by atoms with van der Waals surface area (Å²) in [6.07, 6.45) is 1.87. The highest BCUT2D eigenvalue weighted by molar-refractivity contribution is 9.10. The molecule has 1 fully saturated rings. The topological polar surface area (TPSA) is 71.3 Å². The summed E-state index contributed by atoms with van der Waals surface area (Å²) in [5.74, 6) is 1.56. The molecule has 1 N–H and O–H groups in total. The number of likely N-dealkylation sites (tertiary alicyclic amines) is 1. The Morgan fingerprint density at radius 2 is 1.97 bits per heavy atom. The van der Waals surface area contributed by atoms with Crippen molar-refractivity contribution < 1.29 is 9.32 Å². The van der Waals surface area contributed by atoms with E-state index in [1.54, 1.807) is 0 Å². The fourth-order valence-electron chi connectivity index (χ4n) is 4.45. The molecule has 1 aliphatic heterocycles. The van der Waals surface area contributed by atoms with Crippen molar-refractivity contribution in [2.75, 3.05) is 13.1 Å². The van der Waals surface area contributed by atoms with Gasteiger partial charge in [-0.1, -0.05) is 59.2 Å². The molecule has 7 heteroatoms. The van der Waals surface area contributed by atoms with E-state index in [9.17, 15) is 4.79 Å². The molecule has 0 spiro atoms. The summed E-state index contributed by atoms with van der Waals surface area (Å²) in [6, 6.07) is 16.1. The van der Waals surface area contributed by atoms with Crippen molar-refractivity contribution in [2.45, 2.75) is 46.2 Å². The van der Waals surface area contributed by atoms with Gasteiger partial charge >= 0.3 is 0 Å². The van der Waals surface area contributed by atoms with Gasteiger partial charge in [-0.15, -0.1) is 0 Å². The minimum absolute atomic E-state index is 0.0125. The van der Waals surface area contributed by atoms with Crippen molar-refractivity contribution in [1.82, 2.24) is 20.4 Å². The smallest absolute Gasteiger partial charge is 0.241 e. The summed E-state index contributed by atoms with van der Waals surface area (Å²) >= 11 is 3.44. The van der Waals surface area contributed by atoms with Gasteiger partial charge in [-0.3, -0.25) is 9.69 Å². The van der Waals surface area contributed by atoms with Crippen LogP contribution in [0.2, 0.25) is 0 Å². The molecule has 174 valence electrons. The molecule has 0 aliphatic carbocycles. The first-order chi connectivity index (χ1) is 15.9. The van der Waals surface area contributed by atoms with E-state index in [-0.39, 0.29) is 17.9 Å². The Morgan fingerprint density at radius 3 is 2.70 bits per heavy atom. The summed E-state index contributed by atoms with van der Waals surface area (Å²) in [6.45, 7) is 8.59. The number of aromatic nitrogens is 2. The van der Waals surface area contributed by atoms with Crippen LogP contribution in [0.3, 0.4) is 0 Å². The zero-order chi connectivity index (χ0) is 23.4. The maximum Gasteiger partial charge on any atom is 0.241 e. The van der Waals surface area contributed by atoms with E-state index in [2.05, 4.69) is 69.2 Å². The van der Waals surface area contributed by atoms with Gasteiger partial charge in [-0.25, -0.2) is 0 Å². The zero-order valence-corrected chi connectivity index (χ0v) is 21.0. The van der Waals surface area contributed by atoms with Crippen LogP contribution in [0.5, 0.6) is 0 Å². The molecule has 2 heterocycles. The van der Waals surface area contributed by atoms with E-state index in [4.69, 9.17) is 4.52 Å². The standard InChI is InChI=1S/C26H31BrN4O2/c1-17(2)24(22-9-5-4-7-18(22)3)29-26(32)20-8-6-14-31(15-20)16-23-28-25(30-33-23)19-10-12-21(27)13-11-19/h4-5,7,9-13,17,20,24H,6,8,14-16H2,1-3H3,(H,29,32). The lowest BCUT2D eigenvalue weighted by Gasteiger charge is -2.33. The Morgan fingerprint density at radius 1 is 1.21 bits per heavy atom. The van der Waals surface area contributed by atoms with E-state index in [1.165, 1.54) is 11.1 Å². The van der Waals surface area contributed by atoms with Crippen LogP contribution in [0.25, 0.3) is 11.4 Å². The first-order valence-corrected chi connectivity index (χ1v) is 12.4. The molecule has 0 radical (unpaired) electrons. The van der Waals surface area contributed by atoms with Gasteiger partial charge in [0, 0.05) is 16.6 Å². The van der Waals surface area contributed by atoms with Crippen LogP contribution in [0, 0.1) is 18.8 Å². The molecular formula is C26H31BrN4O2. The molecule has 4 rings (SSSR count). The molecular weight excluding hydrogens is 480 g/mol. The maximum atomic E-state index is 13.2. The Hall–Kier alpha value is -2.51. The number of halogens is 1. The van der Waals surface area contributed by atoms with Crippen LogP contribution >= 0.6 is 15.9 Å². The summed E-state index contributed by atoms with van der Waals surface area (Å²) in [5, 5.41) is 7.47. The number of hydrogen-bond acceptors (Lipinski definition) is 5. The molecule has 0 bridgehead atoms. The van der Waals surface area contributed by atoms with Crippen LogP contribution in [0.15, 0.2) is 57.5 Å². The molecule has 33 heavy (non-hydrogen) atoms. The Kier molecular flexibility index (Phi) is 7.60. The van der Waals surface area contributed by atoms with Crippen LogP contribution in [0.4, 0.5) is 0 Å². The van der Waals surface area contributed by atoms with Crippen LogP contribution in [-0.2, 0) is 11.3 Å². The quantitative estimate of drug-likeness (QED) is 0.452. The number of nitrogens with one attached hydrogen (secondary N) is 1. The highest BCUT2D eigenvalue weighted by atomic mass is 79.9. The van der Waals surface area contributed by atoms with Gasteiger partial charge < -0.3 is 9.84 Å². The van der Waals surface area contributed by atoms with E-state index in [0.29, 0.717) is 30.7 Å². The van der Waals surface area contributed by atoms with Crippen molar-refractivity contribution in [1.29, 1.82) is 0 Å². The van der Waals surface area contributed by atoms with Crippen molar-refractivity contribution in [3.05, 3.63) is 70.0 Å². The number of amides is 1. The minimum Gasteiger partial charge on any atom is -0.349 e. The van der Waals surface area contributed by atoms with Gasteiger partial charge in [0.2, 0.25) is 17.6 Å². The molecule has 2 aromatic carbocycles. The largest absolute Gasteiger partial charge is 0.349 e. The van der Waals surface area contributed by atoms with Crippen LogP contribution < -0.4 is 5.32 Å². The second kappa shape index (κ2) is 10.6. The third kappa shape index (κ3) is 5.89. The summed E-state index contributed by atoms with van der Waals surface area (Å²) < 4.78 is 6.51. The number of aryl methyl sites for hydroxylation is 1. The lowest BCUT2D eigenvalue weighted by atomic mass is 9.91. The number of piperidine rings is 1. The van der Waals surface area contributed by atoms with Gasteiger partial charge in [0.1, 0.15) is 0 Å². The van der Waals surface area contributed by atoms with Gasteiger partial charge in [0.05, 0.1) is 18.5 Å². The van der Waals surface area contributed by atoms with E-state index >= 15 is 0 Å². The monoisotopic (exact) mass is 510 g/mol. The summed E-state index contributed by atoms with van der Waals surface area (Å²) in [4.78, 5) is 20.0. The highest BCUT2D eigenvalue weighted by Crippen LogP contribution is 2.27. The molecule has 6 nitrogen and oxygen atoms in total. The Balaban J connectivity index is 1.38. The third-order valence-electron chi connectivity index (χ3n) is 6.29. The molecule has 1 amide bonds. The van der Waals surface area contributed by atoms with Gasteiger partial charge in [0.15, 0.2) is 0 Å². The molecule has 3 aromatic rings. The van der Waals surface area contributed by atoms with Crippen molar-refractivity contribution in [2.24, 2.45) is 11.8 Å². The van der Waals surface area contributed by atoms with Gasteiger partial charge in [0.25, 0.3) is 0 Å². The molecule has 1 aliphatic rings. The highest BCUT2D eigenvalue weighted by Gasteiger charge is 2.29. The Bertz CT molecular complexity index is 1080. The van der Waals surface area contributed by atoms with E-state index in [1.807, 2.05) is 36.4 Å². The fraction of sp³-hybridized carbons (Fsp3) is 0.423. The van der Waals surface area contributed by atoms with Crippen molar-refractivity contribution >= 4 is 21.8 Å². The van der Waals surface area contributed by atoms with E-state index < -0.39 is 0 Å². The van der Waals surface area contributed by atoms with Crippen LogP contribution in [-0.4, -0.2) is 34.0 Å². The second-order valence-corrected chi connectivity index (χ2v) is 10.1. The number of carbonyl (C=O) groups excluding carboxylic acids is 1. The second-order valence-electron chi connectivity index (χ2n) is 9.18. The first-order valence-electron chi connectivity index (χ1n) is 11.6. The third-order valence-corrected chi connectivity index (χ3v) is 6.82. The van der Waals surface area contributed by atoms with Gasteiger partial charge in [-0.2, -0.15) is 4.98 Å². The van der Waals surface area contributed by atoms with Gasteiger partial charge in [-0.05, 0) is 67.6 Å². The summed E-state index contributed by atoms with van der Waals surface area (Å²) in [7, 11) is 0. The molecule has 2 unspecified atom stereocenters. The van der Waals surface area contributed by atoms with Crippen molar-refractivity contribution in [3.63, 3.8) is 0 Å². The fourth-order valence-corrected chi connectivity index (χ4v) is 4.71. The lowest BCUT2D eigenvalue weighted by Crippen LogP contribution is -2.44. The predicted molar refractivity (Wildman–Crippen MR) is 132 cm³/mol. The maximum absolute atomic E-state index is 13.2. The first kappa shape index (κ1) is 23.6. The predicted octanol–water partition coefficient (Wildman–Crippen LogP) is 5.53. The van der Waals surface area contributed by atoms with Crippen LogP contribution in [0.1, 0.15) is 49.7 Å². The molecule has 2 atom stereocenters. The number of rotatable bonds is 7. The average molecular weight is 511 g/mol. The molecule has 0 saturated carbocycles. The number of carbonyl (C=O) groups is 1. The molecule has 1 saturated heterocycles. The number of benzene rings is 2. The Labute approximate surface area is 203 Å². The average Bonchev–Trinajstić information content (AvgIpc) is 3.27. The number of hydrogen-bond donors (Lipinski definition) is 1. The SMILES string of the molecule is Cc1ccccc1C(NC(=O)C1CCCN(Cc2nc(-c3ccc(Br)cc3)no2)C1)C(C)C. The lowest BCUT2D eigenvalue weighted by molar-refractivity contribution is -0.128. The van der Waals surface area contributed by atoms with E-state index in [0.717, 1.165) is 29.4 Å². The number of nitrogens with zero attached hydrogens (tertiary/aromatic N) is 3. The summed E-state index contributed by atoms with van der Waals surface area (Å²) in [5.41, 5.74) is 3.32. The van der Waals surface area contributed by atoms with Crippen molar-refractivity contribution in [3.8, 4) is 11.4 Å².